The number of hydrogen-bond acceptors (Lipinski definition) is 5. The summed E-state index contributed by atoms with van der Waals surface area (Å²) in [5, 5.41) is 5.54. The van der Waals surface area contributed by atoms with Gasteiger partial charge >= 0.3 is 0 Å². The van der Waals surface area contributed by atoms with Gasteiger partial charge in [0.25, 0.3) is 0 Å². The van der Waals surface area contributed by atoms with Crippen LogP contribution in [0.3, 0.4) is 0 Å². The monoisotopic (exact) mass is 326 g/mol. The van der Waals surface area contributed by atoms with Crippen LogP contribution in [0.25, 0.3) is 22.5 Å². The molecule has 0 unspecified atom stereocenters. The molecule has 0 saturated carbocycles. The van der Waals surface area contributed by atoms with Gasteiger partial charge in [0, 0.05) is 16.9 Å². The third-order valence-corrected chi connectivity index (χ3v) is 5.32. The molecule has 0 atom stereocenters. The van der Waals surface area contributed by atoms with E-state index in [0.29, 0.717) is 0 Å². The van der Waals surface area contributed by atoms with Crippen LogP contribution in [0.2, 0.25) is 0 Å². The second-order valence-electron chi connectivity index (χ2n) is 5.69. The zero-order valence-corrected chi connectivity index (χ0v) is 14.1. The third-order valence-electron chi connectivity index (χ3n) is 4.15. The first-order valence-corrected chi connectivity index (χ1v) is 8.73. The van der Waals surface area contributed by atoms with E-state index in [0.717, 1.165) is 59.7 Å². The van der Waals surface area contributed by atoms with Gasteiger partial charge in [-0.25, -0.2) is 4.98 Å². The highest BCUT2D eigenvalue weighted by molar-refractivity contribution is 7.12. The quantitative estimate of drug-likeness (QED) is 0.707. The van der Waals surface area contributed by atoms with Crippen molar-refractivity contribution in [1.82, 2.24) is 10.1 Å². The Morgan fingerprint density at radius 1 is 1.17 bits per heavy atom. The van der Waals surface area contributed by atoms with Crippen LogP contribution < -0.4 is 4.74 Å². The topological polar surface area (TPSA) is 48.2 Å². The van der Waals surface area contributed by atoms with E-state index in [1.54, 1.807) is 7.11 Å². The van der Waals surface area contributed by atoms with E-state index in [-0.39, 0.29) is 0 Å². The first kappa shape index (κ1) is 14.5. The number of thiazole rings is 1. The van der Waals surface area contributed by atoms with Crippen LogP contribution >= 0.6 is 11.3 Å². The van der Waals surface area contributed by atoms with Crippen molar-refractivity contribution in [2.45, 2.75) is 32.6 Å². The summed E-state index contributed by atoms with van der Waals surface area (Å²) in [6.45, 7) is 2.19. The van der Waals surface area contributed by atoms with Gasteiger partial charge in [-0.2, -0.15) is 0 Å². The van der Waals surface area contributed by atoms with E-state index >= 15 is 0 Å². The zero-order chi connectivity index (χ0) is 15.8. The van der Waals surface area contributed by atoms with Crippen LogP contribution in [-0.2, 0) is 19.3 Å². The van der Waals surface area contributed by atoms with Crippen molar-refractivity contribution in [3.8, 4) is 28.3 Å². The van der Waals surface area contributed by atoms with Gasteiger partial charge in [0.2, 0.25) is 0 Å². The van der Waals surface area contributed by atoms with E-state index in [1.807, 2.05) is 35.6 Å². The Morgan fingerprint density at radius 2 is 2.00 bits per heavy atom. The Kier molecular flexibility index (Phi) is 3.65. The largest absolute Gasteiger partial charge is 0.497 e. The second-order valence-corrected chi connectivity index (χ2v) is 6.86. The summed E-state index contributed by atoms with van der Waals surface area (Å²) in [4.78, 5) is 6.23. The minimum absolute atomic E-state index is 0.839. The first-order chi connectivity index (χ1) is 11.3. The maximum atomic E-state index is 5.61. The molecule has 2 heterocycles. The molecule has 1 aliphatic carbocycles. The molecule has 1 aliphatic rings. The lowest BCUT2D eigenvalue weighted by Crippen LogP contribution is -2.00. The SMILES string of the molecule is CCCc1nc2c(s1)CCc1onc(-c3ccc(OC)cc3)c1-2. The number of rotatable bonds is 4. The zero-order valence-electron chi connectivity index (χ0n) is 13.3. The van der Waals surface area contributed by atoms with Crippen molar-refractivity contribution in [2.24, 2.45) is 0 Å². The Labute approximate surface area is 139 Å². The minimum atomic E-state index is 0.839. The number of benzene rings is 1. The van der Waals surface area contributed by atoms with E-state index in [2.05, 4.69) is 12.1 Å². The number of ether oxygens (including phenoxy) is 1. The Bertz CT molecular complexity index is 833. The van der Waals surface area contributed by atoms with Crippen molar-refractivity contribution < 1.29 is 9.26 Å². The number of methoxy groups -OCH3 is 1. The number of nitrogens with zero attached hydrogens (tertiary/aromatic N) is 2. The molecule has 0 fully saturated rings. The number of fused-ring (bicyclic) bond motifs is 3. The molecule has 1 aromatic carbocycles. The summed E-state index contributed by atoms with van der Waals surface area (Å²) in [5.41, 5.74) is 4.08. The van der Waals surface area contributed by atoms with E-state index in [4.69, 9.17) is 14.2 Å². The van der Waals surface area contributed by atoms with Gasteiger partial charge in [0.1, 0.15) is 17.2 Å². The minimum Gasteiger partial charge on any atom is -0.497 e. The van der Waals surface area contributed by atoms with Crippen LogP contribution in [0, 0.1) is 0 Å². The number of aryl methyl sites for hydroxylation is 3. The van der Waals surface area contributed by atoms with Gasteiger partial charge in [0.15, 0.2) is 0 Å². The van der Waals surface area contributed by atoms with Gasteiger partial charge in [-0.15, -0.1) is 11.3 Å². The van der Waals surface area contributed by atoms with Crippen molar-refractivity contribution in [1.29, 1.82) is 0 Å². The van der Waals surface area contributed by atoms with Crippen LogP contribution in [-0.4, -0.2) is 17.3 Å². The predicted molar refractivity (Wildman–Crippen MR) is 91.0 cm³/mol. The lowest BCUT2D eigenvalue weighted by atomic mass is 9.96. The molecule has 2 aromatic heterocycles. The molecule has 0 N–H and O–H groups in total. The fraction of sp³-hybridized carbons (Fsp3) is 0.333. The molecule has 0 saturated heterocycles. The molecule has 4 rings (SSSR count). The Balaban J connectivity index is 1.81. The molecule has 118 valence electrons. The molecule has 0 amide bonds. The van der Waals surface area contributed by atoms with E-state index in [1.165, 1.54) is 9.88 Å². The van der Waals surface area contributed by atoms with Gasteiger partial charge < -0.3 is 9.26 Å². The van der Waals surface area contributed by atoms with Crippen molar-refractivity contribution in [3.63, 3.8) is 0 Å². The molecule has 0 radical (unpaired) electrons. The van der Waals surface area contributed by atoms with Gasteiger partial charge in [-0.3, -0.25) is 0 Å². The molecule has 4 nitrogen and oxygen atoms in total. The number of aromatic nitrogens is 2. The molecule has 0 spiro atoms. The standard InChI is InChI=1S/C18H18N2O2S/c1-3-4-15-19-18-14(23-15)10-9-13-16(18)17(20-22-13)11-5-7-12(21-2)8-6-11/h5-8H,3-4,9-10H2,1-2H3. The van der Waals surface area contributed by atoms with Crippen LogP contribution in [0.4, 0.5) is 0 Å². The molecular weight excluding hydrogens is 308 g/mol. The van der Waals surface area contributed by atoms with Crippen LogP contribution in [0.15, 0.2) is 28.8 Å². The van der Waals surface area contributed by atoms with Gasteiger partial charge in [-0.1, -0.05) is 12.1 Å². The summed E-state index contributed by atoms with van der Waals surface area (Å²) >= 11 is 1.84. The highest BCUT2D eigenvalue weighted by atomic mass is 32.1. The molecule has 23 heavy (non-hydrogen) atoms. The summed E-state index contributed by atoms with van der Waals surface area (Å²) in [5.74, 6) is 1.79. The molecule has 3 aromatic rings. The van der Waals surface area contributed by atoms with E-state index in [9.17, 15) is 0 Å². The molecular formula is C18H18N2O2S. The number of hydrogen-bond donors (Lipinski definition) is 0. The average Bonchev–Trinajstić information content (AvgIpc) is 3.18. The Hall–Kier alpha value is -2.14. The Morgan fingerprint density at radius 3 is 2.74 bits per heavy atom. The van der Waals surface area contributed by atoms with Crippen molar-refractivity contribution in [3.05, 3.63) is 39.9 Å². The summed E-state index contributed by atoms with van der Waals surface area (Å²) in [6, 6.07) is 7.93. The lowest BCUT2D eigenvalue weighted by molar-refractivity contribution is 0.385. The smallest absolute Gasteiger partial charge is 0.147 e. The lowest BCUT2D eigenvalue weighted by Gasteiger charge is -2.09. The highest BCUT2D eigenvalue weighted by Gasteiger charge is 2.28. The summed E-state index contributed by atoms with van der Waals surface area (Å²) < 4.78 is 10.8. The molecule has 5 heteroatoms. The van der Waals surface area contributed by atoms with Crippen LogP contribution in [0.5, 0.6) is 5.75 Å². The highest BCUT2D eigenvalue weighted by Crippen LogP contribution is 2.42. The van der Waals surface area contributed by atoms with Crippen molar-refractivity contribution in [2.75, 3.05) is 7.11 Å². The summed E-state index contributed by atoms with van der Waals surface area (Å²) in [6.07, 6.45) is 4.06. The maximum absolute atomic E-state index is 5.61. The fourth-order valence-corrected chi connectivity index (χ4v) is 4.17. The van der Waals surface area contributed by atoms with Crippen molar-refractivity contribution >= 4 is 11.3 Å². The van der Waals surface area contributed by atoms with Gasteiger partial charge in [0.05, 0.1) is 23.4 Å². The maximum Gasteiger partial charge on any atom is 0.147 e. The average molecular weight is 326 g/mol. The fourth-order valence-electron chi connectivity index (χ4n) is 3.00. The predicted octanol–water partition coefficient (Wildman–Crippen LogP) is 4.52. The molecule has 0 bridgehead atoms. The third kappa shape index (κ3) is 2.45. The second kappa shape index (κ2) is 5.81. The van der Waals surface area contributed by atoms with E-state index < -0.39 is 0 Å². The van der Waals surface area contributed by atoms with Crippen LogP contribution in [0.1, 0.15) is 29.0 Å². The molecule has 0 aliphatic heterocycles. The van der Waals surface area contributed by atoms with Gasteiger partial charge in [-0.05, 0) is 43.5 Å². The summed E-state index contributed by atoms with van der Waals surface area (Å²) in [7, 11) is 1.67. The first-order valence-electron chi connectivity index (χ1n) is 7.92. The normalized spacial score (nSPS) is 12.8.